The number of benzene rings is 1. The largest absolute Gasteiger partial charge is 0.480 e. The zero-order valence-electron chi connectivity index (χ0n) is 12.0. The second kappa shape index (κ2) is 7.37. The number of ether oxygens (including phenoxy) is 1. The molecule has 1 aromatic rings. The van der Waals surface area contributed by atoms with E-state index in [2.05, 4.69) is 10.6 Å². The van der Waals surface area contributed by atoms with Gasteiger partial charge in [0.2, 0.25) is 0 Å². The van der Waals surface area contributed by atoms with Crippen molar-refractivity contribution in [1.82, 2.24) is 10.6 Å². The third-order valence-corrected chi connectivity index (χ3v) is 2.57. The van der Waals surface area contributed by atoms with Gasteiger partial charge in [0, 0.05) is 6.54 Å². The highest BCUT2D eigenvalue weighted by atomic mass is 19.1. The fourth-order valence-electron chi connectivity index (χ4n) is 1.54. The fraction of sp³-hybridized carbons (Fsp3) is 0.357. The highest BCUT2D eigenvalue weighted by molar-refractivity contribution is 5.98. The molecule has 1 rings (SSSR count). The van der Waals surface area contributed by atoms with Crippen LogP contribution in [0.15, 0.2) is 18.2 Å². The van der Waals surface area contributed by atoms with Gasteiger partial charge in [-0.1, -0.05) is 0 Å². The van der Waals surface area contributed by atoms with Crippen LogP contribution in [0, 0.1) is 5.82 Å². The molecule has 114 valence electrons. The van der Waals surface area contributed by atoms with E-state index in [1.165, 1.54) is 19.9 Å². The molecular weight excluding hydrogens is 279 g/mol. The van der Waals surface area contributed by atoms with E-state index < -0.39 is 23.9 Å². The summed E-state index contributed by atoms with van der Waals surface area (Å²) in [5, 5.41) is 4.49. The van der Waals surface area contributed by atoms with Gasteiger partial charge >= 0.3 is 6.03 Å². The van der Waals surface area contributed by atoms with Crippen molar-refractivity contribution in [3.05, 3.63) is 29.6 Å². The number of carbonyl (C=O) groups excluding carboxylic acids is 3. The van der Waals surface area contributed by atoms with E-state index in [1.54, 1.807) is 6.92 Å². The quantitative estimate of drug-likeness (QED) is 0.809. The van der Waals surface area contributed by atoms with Crippen LogP contribution in [0.3, 0.4) is 0 Å². The minimum Gasteiger partial charge on any atom is -0.480 e. The SMILES string of the molecule is CCNC(=O)NC(=O)C(C)Oc1ccc(F)cc1C(C)=O. The summed E-state index contributed by atoms with van der Waals surface area (Å²) in [5.41, 5.74) is 0.0349. The van der Waals surface area contributed by atoms with Crippen molar-refractivity contribution in [2.24, 2.45) is 0 Å². The van der Waals surface area contributed by atoms with Gasteiger partial charge in [-0.25, -0.2) is 9.18 Å². The maximum atomic E-state index is 13.1. The molecule has 0 aliphatic rings. The van der Waals surface area contributed by atoms with Crippen molar-refractivity contribution in [2.75, 3.05) is 6.54 Å². The van der Waals surface area contributed by atoms with Crippen LogP contribution in [0.1, 0.15) is 31.1 Å². The second-order valence-electron chi connectivity index (χ2n) is 4.31. The zero-order chi connectivity index (χ0) is 16.0. The Hall–Kier alpha value is -2.44. The summed E-state index contributed by atoms with van der Waals surface area (Å²) in [4.78, 5) is 34.4. The van der Waals surface area contributed by atoms with Crippen molar-refractivity contribution in [3.63, 3.8) is 0 Å². The van der Waals surface area contributed by atoms with Gasteiger partial charge in [-0.15, -0.1) is 0 Å². The van der Waals surface area contributed by atoms with E-state index in [0.717, 1.165) is 12.1 Å². The van der Waals surface area contributed by atoms with Crippen LogP contribution in [0.2, 0.25) is 0 Å². The number of hydrogen-bond acceptors (Lipinski definition) is 4. The molecule has 0 aromatic heterocycles. The Kier molecular flexibility index (Phi) is 5.83. The summed E-state index contributed by atoms with van der Waals surface area (Å²) in [6.07, 6.45) is -1.02. The Morgan fingerprint density at radius 2 is 2.00 bits per heavy atom. The van der Waals surface area contributed by atoms with E-state index in [0.29, 0.717) is 6.54 Å². The first-order chi connectivity index (χ1) is 9.85. The predicted octanol–water partition coefficient (Wildman–Crippen LogP) is 1.64. The molecule has 0 saturated carbocycles. The Morgan fingerprint density at radius 1 is 1.33 bits per heavy atom. The Morgan fingerprint density at radius 3 is 2.57 bits per heavy atom. The van der Waals surface area contributed by atoms with Crippen molar-refractivity contribution in [2.45, 2.75) is 26.9 Å². The maximum absolute atomic E-state index is 13.1. The lowest BCUT2D eigenvalue weighted by molar-refractivity contribution is -0.126. The van der Waals surface area contributed by atoms with Crippen molar-refractivity contribution in [1.29, 1.82) is 0 Å². The van der Waals surface area contributed by atoms with Gasteiger partial charge in [-0.3, -0.25) is 14.9 Å². The van der Waals surface area contributed by atoms with Gasteiger partial charge in [0.25, 0.3) is 5.91 Å². The molecular formula is C14H17FN2O4. The molecule has 0 saturated heterocycles. The lowest BCUT2D eigenvalue weighted by atomic mass is 10.1. The second-order valence-corrected chi connectivity index (χ2v) is 4.31. The predicted molar refractivity (Wildman–Crippen MR) is 73.7 cm³/mol. The molecule has 0 aliphatic carbocycles. The highest BCUT2D eigenvalue weighted by Gasteiger charge is 2.19. The molecule has 0 bridgehead atoms. The third-order valence-electron chi connectivity index (χ3n) is 2.57. The molecule has 1 aromatic carbocycles. The third kappa shape index (κ3) is 4.87. The minimum atomic E-state index is -1.02. The summed E-state index contributed by atoms with van der Waals surface area (Å²) < 4.78 is 18.4. The van der Waals surface area contributed by atoms with E-state index in [9.17, 15) is 18.8 Å². The van der Waals surface area contributed by atoms with Crippen LogP contribution in [0.5, 0.6) is 5.75 Å². The van der Waals surface area contributed by atoms with E-state index in [4.69, 9.17) is 4.74 Å². The highest BCUT2D eigenvalue weighted by Crippen LogP contribution is 2.21. The zero-order valence-corrected chi connectivity index (χ0v) is 12.0. The van der Waals surface area contributed by atoms with E-state index in [-0.39, 0.29) is 17.1 Å². The first-order valence-electron chi connectivity index (χ1n) is 6.41. The number of halogens is 1. The summed E-state index contributed by atoms with van der Waals surface area (Å²) in [6.45, 7) is 4.77. The summed E-state index contributed by atoms with van der Waals surface area (Å²) in [6, 6.07) is 2.79. The molecule has 1 unspecified atom stereocenters. The van der Waals surface area contributed by atoms with Crippen molar-refractivity contribution < 1.29 is 23.5 Å². The lowest BCUT2D eigenvalue weighted by Gasteiger charge is -2.16. The van der Waals surface area contributed by atoms with Crippen LogP contribution in [-0.2, 0) is 4.79 Å². The van der Waals surface area contributed by atoms with Crippen molar-refractivity contribution in [3.8, 4) is 5.75 Å². The van der Waals surface area contributed by atoms with Crippen LogP contribution in [0.4, 0.5) is 9.18 Å². The number of rotatable bonds is 5. The monoisotopic (exact) mass is 296 g/mol. The summed E-state index contributed by atoms with van der Waals surface area (Å²) in [7, 11) is 0. The summed E-state index contributed by atoms with van der Waals surface area (Å²) >= 11 is 0. The van der Waals surface area contributed by atoms with E-state index >= 15 is 0 Å². The number of nitrogens with one attached hydrogen (secondary N) is 2. The Balaban J connectivity index is 2.79. The van der Waals surface area contributed by atoms with Gasteiger partial charge in [0.05, 0.1) is 5.56 Å². The molecule has 0 aliphatic heterocycles. The number of hydrogen-bond donors (Lipinski definition) is 2. The topological polar surface area (TPSA) is 84.5 Å². The normalized spacial score (nSPS) is 11.4. The maximum Gasteiger partial charge on any atom is 0.321 e. The number of urea groups is 1. The average molecular weight is 296 g/mol. The molecule has 1 atom stereocenters. The Bertz CT molecular complexity index is 560. The summed E-state index contributed by atoms with van der Waals surface area (Å²) in [5.74, 6) is -1.55. The number of imide groups is 1. The first-order valence-corrected chi connectivity index (χ1v) is 6.41. The van der Waals surface area contributed by atoms with E-state index in [1.807, 2.05) is 0 Å². The van der Waals surface area contributed by atoms with Crippen LogP contribution < -0.4 is 15.4 Å². The first kappa shape index (κ1) is 16.6. The molecule has 6 nitrogen and oxygen atoms in total. The van der Waals surface area contributed by atoms with Crippen molar-refractivity contribution >= 4 is 17.7 Å². The molecule has 3 amide bonds. The number of amides is 3. The molecule has 0 radical (unpaired) electrons. The lowest BCUT2D eigenvalue weighted by Crippen LogP contribution is -2.45. The van der Waals surface area contributed by atoms with Gasteiger partial charge in [-0.2, -0.15) is 0 Å². The number of Topliss-reactive ketones (excluding diaryl/α,β-unsaturated/α-hetero) is 1. The molecule has 7 heteroatoms. The molecule has 0 heterocycles. The number of carbonyl (C=O) groups is 3. The standard InChI is InChI=1S/C14H17FN2O4/c1-4-16-14(20)17-13(19)9(3)21-12-6-5-10(15)7-11(12)8(2)18/h5-7,9H,4H2,1-3H3,(H2,16,17,19,20). The van der Waals surface area contributed by atoms with Crippen LogP contribution in [0.25, 0.3) is 0 Å². The van der Waals surface area contributed by atoms with Crippen LogP contribution in [-0.4, -0.2) is 30.4 Å². The minimum absolute atomic E-state index is 0.0349. The van der Waals surface area contributed by atoms with Crippen LogP contribution >= 0.6 is 0 Å². The molecule has 21 heavy (non-hydrogen) atoms. The van der Waals surface area contributed by atoms with Gasteiger partial charge in [0.1, 0.15) is 11.6 Å². The van der Waals surface area contributed by atoms with Gasteiger partial charge in [-0.05, 0) is 39.0 Å². The molecule has 0 fully saturated rings. The average Bonchev–Trinajstić information content (AvgIpc) is 2.40. The molecule has 0 spiro atoms. The fourth-order valence-corrected chi connectivity index (χ4v) is 1.54. The smallest absolute Gasteiger partial charge is 0.321 e. The van der Waals surface area contributed by atoms with Gasteiger partial charge in [0.15, 0.2) is 11.9 Å². The Labute approximate surface area is 121 Å². The molecule has 2 N–H and O–H groups in total. The van der Waals surface area contributed by atoms with Gasteiger partial charge < -0.3 is 10.1 Å². The number of ketones is 1.